The zero-order chi connectivity index (χ0) is 17.8. The van der Waals surface area contributed by atoms with E-state index in [1.807, 2.05) is 18.7 Å². The molecule has 0 bridgehead atoms. The highest BCUT2D eigenvalue weighted by atomic mass is 35.5. The minimum atomic E-state index is -0.0122. The van der Waals surface area contributed by atoms with Crippen LogP contribution in [0, 0.1) is 0 Å². The number of carbonyl (C=O) groups is 1. The molecule has 25 heavy (non-hydrogen) atoms. The number of halogens is 1. The normalized spacial score (nSPS) is 15.6. The second-order valence-corrected chi connectivity index (χ2v) is 6.97. The lowest BCUT2D eigenvalue weighted by Crippen LogP contribution is -2.40. The number of benzene rings is 1. The molecule has 7 heteroatoms. The topological polar surface area (TPSA) is 68.5 Å². The lowest BCUT2D eigenvalue weighted by Gasteiger charge is -2.30. The van der Waals surface area contributed by atoms with Crippen LogP contribution in [0.2, 0.25) is 5.02 Å². The molecule has 1 aliphatic heterocycles. The molecular formula is C18H22ClN3O3. The molecule has 1 aromatic carbocycles. The Labute approximate surface area is 152 Å². The number of aromatic nitrogens is 2. The van der Waals surface area contributed by atoms with Crippen molar-refractivity contribution in [1.82, 2.24) is 15.1 Å². The number of nitrogens with zero attached hydrogens (tertiary/aromatic N) is 3. The van der Waals surface area contributed by atoms with Crippen molar-refractivity contribution in [2.45, 2.75) is 38.5 Å². The van der Waals surface area contributed by atoms with Gasteiger partial charge in [-0.2, -0.15) is 0 Å². The van der Waals surface area contributed by atoms with Crippen molar-refractivity contribution in [3.05, 3.63) is 41.1 Å². The van der Waals surface area contributed by atoms with Crippen LogP contribution in [-0.4, -0.2) is 40.7 Å². The third-order valence-corrected chi connectivity index (χ3v) is 4.57. The number of carbonyl (C=O) groups excluding carboxylic acids is 1. The second kappa shape index (κ2) is 7.87. The van der Waals surface area contributed by atoms with Crippen LogP contribution in [0.3, 0.4) is 0 Å². The van der Waals surface area contributed by atoms with Crippen molar-refractivity contribution >= 4 is 17.5 Å². The summed E-state index contributed by atoms with van der Waals surface area (Å²) in [6, 6.07) is 6.98. The number of hydrogen-bond donors (Lipinski definition) is 0. The monoisotopic (exact) mass is 363 g/mol. The first kappa shape index (κ1) is 17.7. The molecule has 0 radical (unpaired) electrons. The Morgan fingerprint density at radius 2 is 1.96 bits per heavy atom. The van der Waals surface area contributed by atoms with Crippen molar-refractivity contribution in [2.75, 3.05) is 19.7 Å². The van der Waals surface area contributed by atoms with Crippen molar-refractivity contribution in [3.8, 4) is 5.75 Å². The van der Waals surface area contributed by atoms with Gasteiger partial charge in [0.15, 0.2) is 6.61 Å². The van der Waals surface area contributed by atoms with Crippen molar-refractivity contribution in [3.63, 3.8) is 0 Å². The van der Waals surface area contributed by atoms with Gasteiger partial charge in [0.2, 0.25) is 11.8 Å². The van der Waals surface area contributed by atoms with E-state index in [9.17, 15) is 4.79 Å². The first-order valence-electron chi connectivity index (χ1n) is 8.52. The molecule has 134 valence electrons. The van der Waals surface area contributed by atoms with Crippen LogP contribution >= 0.6 is 11.6 Å². The highest BCUT2D eigenvalue weighted by molar-refractivity contribution is 6.30. The molecular weight excluding hydrogens is 342 g/mol. The van der Waals surface area contributed by atoms with E-state index in [2.05, 4.69) is 10.2 Å². The number of likely N-dealkylation sites (tertiary alicyclic amines) is 1. The fraction of sp³-hybridized carbons (Fsp3) is 0.500. The molecule has 1 saturated heterocycles. The Bertz CT molecular complexity index is 707. The SMILES string of the molecule is CC(C)c1nnc(C2CCN(C(=O)COc3ccc(Cl)cc3)CC2)o1. The van der Waals surface area contributed by atoms with Crippen molar-refractivity contribution in [1.29, 1.82) is 0 Å². The lowest BCUT2D eigenvalue weighted by molar-refractivity contribution is -0.134. The maximum atomic E-state index is 12.3. The summed E-state index contributed by atoms with van der Waals surface area (Å²) in [4.78, 5) is 14.1. The number of ether oxygens (including phenoxy) is 1. The van der Waals surface area contributed by atoms with E-state index in [4.69, 9.17) is 20.8 Å². The van der Waals surface area contributed by atoms with Crippen LogP contribution in [-0.2, 0) is 4.79 Å². The van der Waals surface area contributed by atoms with Crippen LogP contribution in [0.15, 0.2) is 28.7 Å². The Kier molecular flexibility index (Phi) is 5.58. The average molecular weight is 364 g/mol. The summed E-state index contributed by atoms with van der Waals surface area (Å²) >= 11 is 5.83. The molecule has 0 saturated carbocycles. The van der Waals surface area contributed by atoms with Gasteiger partial charge in [-0.25, -0.2) is 0 Å². The summed E-state index contributed by atoms with van der Waals surface area (Å²) in [7, 11) is 0. The zero-order valence-electron chi connectivity index (χ0n) is 14.4. The van der Waals surface area contributed by atoms with Crippen LogP contribution in [0.1, 0.15) is 50.3 Å². The second-order valence-electron chi connectivity index (χ2n) is 6.53. The Morgan fingerprint density at radius 1 is 1.28 bits per heavy atom. The molecule has 1 amide bonds. The number of amides is 1. The number of rotatable bonds is 5. The standard InChI is InChI=1S/C18H22ClN3O3/c1-12(2)17-20-21-18(25-17)13-7-9-22(10-8-13)16(23)11-24-15-5-3-14(19)4-6-15/h3-6,12-13H,7-11H2,1-2H3. The van der Waals surface area contributed by atoms with Crippen LogP contribution in [0.4, 0.5) is 0 Å². The van der Waals surface area contributed by atoms with Gasteiger partial charge in [-0.1, -0.05) is 25.4 Å². The predicted molar refractivity (Wildman–Crippen MR) is 93.9 cm³/mol. The molecule has 0 unspecified atom stereocenters. The van der Waals surface area contributed by atoms with Gasteiger partial charge in [-0.3, -0.25) is 4.79 Å². The van der Waals surface area contributed by atoms with E-state index in [0.29, 0.717) is 35.6 Å². The number of hydrogen-bond acceptors (Lipinski definition) is 5. The molecule has 0 N–H and O–H groups in total. The summed E-state index contributed by atoms with van der Waals surface area (Å²) in [6.07, 6.45) is 1.65. The van der Waals surface area contributed by atoms with E-state index < -0.39 is 0 Å². The van der Waals surface area contributed by atoms with Gasteiger partial charge in [-0.15, -0.1) is 10.2 Å². The van der Waals surface area contributed by atoms with Gasteiger partial charge in [0, 0.05) is 29.9 Å². The highest BCUT2D eigenvalue weighted by Gasteiger charge is 2.27. The smallest absolute Gasteiger partial charge is 0.260 e. The lowest BCUT2D eigenvalue weighted by atomic mass is 9.97. The largest absolute Gasteiger partial charge is 0.484 e. The molecule has 1 aliphatic rings. The zero-order valence-corrected chi connectivity index (χ0v) is 15.2. The molecule has 6 nitrogen and oxygen atoms in total. The van der Waals surface area contributed by atoms with Crippen LogP contribution in [0.25, 0.3) is 0 Å². The first-order chi connectivity index (χ1) is 12.0. The van der Waals surface area contributed by atoms with Crippen molar-refractivity contribution in [2.24, 2.45) is 0 Å². The third-order valence-electron chi connectivity index (χ3n) is 4.32. The van der Waals surface area contributed by atoms with Crippen LogP contribution < -0.4 is 4.74 Å². The van der Waals surface area contributed by atoms with Crippen molar-refractivity contribution < 1.29 is 13.9 Å². The number of piperidine rings is 1. The maximum absolute atomic E-state index is 12.3. The van der Waals surface area contributed by atoms with E-state index >= 15 is 0 Å². The fourth-order valence-corrected chi connectivity index (χ4v) is 2.91. The summed E-state index contributed by atoms with van der Waals surface area (Å²) in [6.45, 7) is 5.43. The summed E-state index contributed by atoms with van der Waals surface area (Å²) in [5, 5.41) is 8.89. The minimum Gasteiger partial charge on any atom is -0.484 e. The third kappa shape index (κ3) is 4.51. The molecule has 0 aliphatic carbocycles. The van der Waals surface area contributed by atoms with Gasteiger partial charge in [0.25, 0.3) is 5.91 Å². The highest BCUT2D eigenvalue weighted by Crippen LogP contribution is 2.28. The molecule has 3 rings (SSSR count). The van der Waals surface area contributed by atoms with Gasteiger partial charge in [0.1, 0.15) is 5.75 Å². The van der Waals surface area contributed by atoms with E-state index in [-0.39, 0.29) is 24.3 Å². The summed E-state index contributed by atoms with van der Waals surface area (Å²) in [5.41, 5.74) is 0. The Balaban J connectivity index is 1.47. The molecule has 1 aromatic heterocycles. The molecule has 1 fully saturated rings. The minimum absolute atomic E-state index is 0.0122. The van der Waals surface area contributed by atoms with Gasteiger partial charge in [-0.05, 0) is 37.1 Å². The summed E-state index contributed by atoms with van der Waals surface area (Å²) in [5.74, 6) is 2.44. The predicted octanol–water partition coefficient (Wildman–Crippen LogP) is 3.63. The van der Waals surface area contributed by atoms with E-state index in [1.165, 1.54) is 0 Å². The quantitative estimate of drug-likeness (QED) is 0.811. The fourth-order valence-electron chi connectivity index (χ4n) is 2.79. The average Bonchev–Trinajstić information content (AvgIpc) is 3.11. The maximum Gasteiger partial charge on any atom is 0.260 e. The molecule has 0 spiro atoms. The molecule has 0 atom stereocenters. The van der Waals surface area contributed by atoms with Gasteiger partial charge in [0.05, 0.1) is 0 Å². The van der Waals surface area contributed by atoms with E-state index in [1.54, 1.807) is 24.3 Å². The first-order valence-corrected chi connectivity index (χ1v) is 8.90. The molecule has 2 aromatic rings. The van der Waals surface area contributed by atoms with Gasteiger partial charge < -0.3 is 14.1 Å². The van der Waals surface area contributed by atoms with E-state index in [0.717, 1.165) is 12.8 Å². The Morgan fingerprint density at radius 3 is 2.56 bits per heavy atom. The molecule has 2 heterocycles. The summed E-state index contributed by atoms with van der Waals surface area (Å²) < 4.78 is 11.3. The van der Waals surface area contributed by atoms with Crippen LogP contribution in [0.5, 0.6) is 5.75 Å². The van der Waals surface area contributed by atoms with Gasteiger partial charge >= 0.3 is 0 Å². The Hall–Kier alpha value is -2.08.